The van der Waals surface area contributed by atoms with Crippen LogP contribution in [0.4, 0.5) is 5.69 Å². The highest BCUT2D eigenvalue weighted by Gasteiger charge is 2.12. The molecule has 0 bridgehead atoms. The highest BCUT2D eigenvalue weighted by Crippen LogP contribution is 2.30. The van der Waals surface area contributed by atoms with Crippen molar-refractivity contribution in [2.24, 2.45) is 0 Å². The third-order valence-corrected chi connectivity index (χ3v) is 6.48. The first kappa shape index (κ1) is 27.0. The molecule has 0 aliphatic carbocycles. The van der Waals surface area contributed by atoms with Crippen molar-refractivity contribution in [3.05, 3.63) is 95.6 Å². The molecular weight excluding hydrogens is 506 g/mol. The van der Waals surface area contributed by atoms with Gasteiger partial charge < -0.3 is 24.7 Å². The number of anilines is 1. The fraction of sp³-hybridized carbons (Fsp3) is 0.226. The van der Waals surface area contributed by atoms with E-state index in [4.69, 9.17) is 14.5 Å². The average molecular weight is 538 g/mol. The van der Waals surface area contributed by atoms with Crippen LogP contribution in [0.25, 0.3) is 38.8 Å². The largest absolute Gasteiger partial charge is 0.382 e. The number of aromatic nitrogens is 3. The van der Waals surface area contributed by atoms with Gasteiger partial charge in [0.25, 0.3) is 5.56 Å². The van der Waals surface area contributed by atoms with Crippen molar-refractivity contribution >= 4 is 50.4 Å². The van der Waals surface area contributed by atoms with Gasteiger partial charge in [0.2, 0.25) is 5.91 Å². The minimum Gasteiger partial charge on any atom is -0.382 e. The smallest absolute Gasteiger partial charge is 0.281 e. The minimum atomic E-state index is -0.340. The molecule has 1 amide bonds. The number of pyridine rings is 1. The Morgan fingerprint density at radius 2 is 1.40 bits per heavy atom. The summed E-state index contributed by atoms with van der Waals surface area (Å²) in [5.41, 5.74) is 3.27. The van der Waals surface area contributed by atoms with Gasteiger partial charge in [-0.2, -0.15) is 4.98 Å². The Bertz CT molecular complexity index is 1660. The maximum Gasteiger partial charge on any atom is 0.281 e. The zero-order valence-electron chi connectivity index (χ0n) is 22.1. The number of benzene rings is 3. The number of para-hydroxylation sites is 3. The molecule has 0 fully saturated rings. The molecule has 0 saturated heterocycles. The van der Waals surface area contributed by atoms with Crippen molar-refractivity contribution in [3.8, 4) is 0 Å². The Labute approximate surface area is 231 Å². The highest BCUT2D eigenvalue weighted by molar-refractivity contribution is 6.07. The van der Waals surface area contributed by atoms with E-state index in [1.54, 1.807) is 22.8 Å². The van der Waals surface area contributed by atoms with Gasteiger partial charge in [-0.3, -0.25) is 9.59 Å². The van der Waals surface area contributed by atoms with Crippen LogP contribution in [-0.4, -0.2) is 60.0 Å². The topological polar surface area (TPSA) is 107 Å². The first-order chi connectivity index (χ1) is 19.7. The quantitative estimate of drug-likeness (QED) is 0.173. The van der Waals surface area contributed by atoms with Crippen LogP contribution in [-0.2, 0) is 20.8 Å². The third-order valence-electron chi connectivity index (χ3n) is 6.48. The summed E-state index contributed by atoms with van der Waals surface area (Å²) in [6, 6.07) is 23.3. The van der Waals surface area contributed by atoms with Crippen LogP contribution in [0.5, 0.6) is 0 Å². The zero-order valence-corrected chi connectivity index (χ0v) is 22.1. The normalized spacial score (nSPS) is 11.2. The van der Waals surface area contributed by atoms with E-state index < -0.39 is 0 Å². The Morgan fingerprint density at radius 3 is 2.08 bits per heavy atom. The molecule has 2 N–H and O–H groups in total. The Hall–Kier alpha value is -4.60. The summed E-state index contributed by atoms with van der Waals surface area (Å²) in [6.07, 6.45) is 1.47. The lowest BCUT2D eigenvalue weighted by Crippen LogP contribution is -2.32. The number of fused-ring (bicyclic) bond motifs is 3. The van der Waals surface area contributed by atoms with Gasteiger partial charge in [-0.25, -0.2) is 4.98 Å². The number of carbonyl (C=O) groups excluding carboxylic acids is 1. The molecule has 0 atom stereocenters. The van der Waals surface area contributed by atoms with E-state index in [-0.39, 0.29) is 18.0 Å². The molecule has 0 unspecified atom stereocenters. The molecule has 204 valence electrons. The lowest BCUT2D eigenvalue weighted by atomic mass is 10.1. The molecular formula is C31H31N5O4. The monoisotopic (exact) mass is 537 g/mol. The van der Waals surface area contributed by atoms with Crippen molar-refractivity contribution in [1.82, 2.24) is 19.9 Å². The van der Waals surface area contributed by atoms with Gasteiger partial charge in [0.1, 0.15) is 12.4 Å². The first-order valence-corrected chi connectivity index (χ1v) is 13.2. The van der Waals surface area contributed by atoms with Crippen LogP contribution in [0, 0.1) is 0 Å². The van der Waals surface area contributed by atoms with Crippen LogP contribution in [0.15, 0.2) is 84.2 Å². The summed E-state index contributed by atoms with van der Waals surface area (Å²) in [5.74, 6) is 0.146. The van der Waals surface area contributed by atoms with E-state index in [0.717, 1.165) is 27.5 Å². The molecule has 9 nitrogen and oxygen atoms in total. The number of nitrogens with one attached hydrogen (secondary N) is 2. The van der Waals surface area contributed by atoms with Crippen molar-refractivity contribution in [3.63, 3.8) is 0 Å². The Kier molecular flexibility index (Phi) is 8.75. The van der Waals surface area contributed by atoms with Crippen LogP contribution in [0.1, 0.15) is 5.82 Å². The van der Waals surface area contributed by atoms with Gasteiger partial charge in [0, 0.05) is 23.9 Å². The van der Waals surface area contributed by atoms with E-state index in [0.29, 0.717) is 56.2 Å². The van der Waals surface area contributed by atoms with Gasteiger partial charge in [-0.05, 0) is 30.3 Å². The Balaban J connectivity index is 1.02. The van der Waals surface area contributed by atoms with Crippen molar-refractivity contribution < 1.29 is 14.3 Å². The second kappa shape index (κ2) is 13.0. The van der Waals surface area contributed by atoms with Gasteiger partial charge in [-0.1, -0.05) is 55.1 Å². The SMILES string of the molecule is C=Cc1nc(=O)c2ccccc2n1CC(=O)NCCOCCOCCNc1c2ccccc2nc2ccccc12. The molecule has 0 radical (unpaired) electrons. The van der Waals surface area contributed by atoms with E-state index in [9.17, 15) is 9.59 Å². The number of carbonyl (C=O) groups is 1. The molecule has 9 heteroatoms. The second-order valence-electron chi connectivity index (χ2n) is 9.11. The summed E-state index contributed by atoms with van der Waals surface area (Å²) >= 11 is 0. The van der Waals surface area contributed by atoms with E-state index in [1.807, 2.05) is 42.5 Å². The molecule has 5 rings (SSSR count). The fourth-order valence-corrected chi connectivity index (χ4v) is 4.62. The molecule has 2 heterocycles. The van der Waals surface area contributed by atoms with Gasteiger partial charge in [0.15, 0.2) is 0 Å². The zero-order chi connectivity index (χ0) is 27.7. The van der Waals surface area contributed by atoms with E-state index >= 15 is 0 Å². The minimum absolute atomic E-state index is 0.0211. The molecule has 0 aliphatic rings. The van der Waals surface area contributed by atoms with Crippen molar-refractivity contribution in [1.29, 1.82) is 0 Å². The van der Waals surface area contributed by atoms with Gasteiger partial charge >= 0.3 is 0 Å². The third kappa shape index (κ3) is 6.17. The number of ether oxygens (including phenoxy) is 2. The lowest BCUT2D eigenvalue weighted by Gasteiger charge is -2.14. The van der Waals surface area contributed by atoms with Crippen molar-refractivity contribution in [2.75, 3.05) is 44.8 Å². The summed E-state index contributed by atoms with van der Waals surface area (Å²) < 4.78 is 13.0. The maximum absolute atomic E-state index is 12.5. The molecule has 3 aromatic carbocycles. The van der Waals surface area contributed by atoms with Gasteiger partial charge in [0.05, 0.1) is 54.1 Å². The summed E-state index contributed by atoms with van der Waals surface area (Å²) in [4.78, 5) is 33.5. The predicted molar refractivity (Wildman–Crippen MR) is 158 cm³/mol. The van der Waals surface area contributed by atoms with Crippen LogP contribution in [0.2, 0.25) is 0 Å². The van der Waals surface area contributed by atoms with Crippen LogP contribution in [0.3, 0.4) is 0 Å². The number of rotatable bonds is 13. The molecule has 2 aromatic heterocycles. The molecule has 5 aromatic rings. The average Bonchev–Trinajstić information content (AvgIpc) is 2.99. The van der Waals surface area contributed by atoms with E-state index in [2.05, 4.69) is 34.3 Å². The lowest BCUT2D eigenvalue weighted by molar-refractivity contribution is -0.121. The van der Waals surface area contributed by atoms with E-state index in [1.165, 1.54) is 6.08 Å². The first-order valence-electron chi connectivity index (χ1n) is 13.2. The summed E-state index contributed by atoms with van der Waals surface area (Å²) in [6.45, 7) is 6.50. The molecule has 40 heavy (non-hydrogen) atoms. The maximum atomic E-state index is 12.5. The number of amides is 1. The number of hydrogen-bond donors (Lipinski definition) is 2. The predicted octanol–water partition coefficient (Wildman–Crippen LogP) is 4.00. The standard InChI is InChI=1S/C31H31N5O4/c1-2-28-35-31(38)24-11-5-8-14-27(24)36(28)21-29(37)32-15-17-39-19-20-40-18-16-33-30-22-9-3-6-12-25(22)34-26-13-7-4-10-23(26)30/h2-14H,1,15-21H2,(H,32,37)(H,33,34). The van der Waals surface area contributed by atoms with Gasteiger partial charge in [-0.15, -0.1) is 0 Å². The van der Waals surface area contributed by atoms with Crippen LogP contribution < -0.4 is 16.2 Å². The molecule has 0 aliphatic heterocycles. The Morgan fingerprint density at radius 1 is 0.800 bits per heavy atom. The number of nitrogens with zero attached hydrogens (tertiary/aromatic N) is 3. The number of hydrogen-bond acceptors (Lipinski definition) is 7. The molecule has 0 spiro atoms. The second-order valence-corrected chi connectivity index (χ2v) is 9.11. The summed E-state index contributed by atoms with van der Waals surface area (Å²) in [7, 11) is 0. The highest BCUT2D eigenvalue weighted by atomic mass is 16.5. The van der Waals surface area contributed by atoms with Crippen molar-refractivity contribution in [2.45, 2.75) is 6.54 Å². The summed E-state index contributed by atoms with van der Waals surface area (Å²) in [5, 5.41) is 8.97. The fourth-order valence-electron chi connectivity index (χ4n) is 4.62. The van der Waals surface area contributed by atoms with Crippen LogP contribution >= 0.6 is 0 Å². The molecule has 0 saturated carbocycles.